The van der Waals surface area contributed by atoms with Crippen molar-refractivity contribution in [2.24, 2.45) is 0 Å². The third kappa shape index (κ3) is 2.55. The van der Waals surface area contributed by atoms with Crippen molar-refractivity contribution < 1.29 is 9.53 Å². The van der Waals surface area contributed by atoms with Gasteiger partial charge in [0.25, 0.3) is 0 Å². The van der Waals surface area contributed by atoms with Gasteiger partial charge in [-0.3, -0.25) is 0 Å². The third-order valence-electron chi connectivity index (χ3n) is 2.27. The Kier molecular flexibility index (Phi) is 2.96. The van der Waals surface area contributed by atoms with Crippen molar-refractivity contribution in [3.63, 3.8) is 0 Å². The van der Waals surface area contributed by atoms with Crippen molar-refractivity contribution >= 4 is 17.3 Å². The second-order valence-corrected chi connectivity index (χ2v) is 3.55. The van der Waals surface area contributed by atoms with Gasteiger partial charge in [0.15, 0.2) is 5.75 Å². The second-order valence-electron chi connectivity index (χ2n) is 3.55. The predicted octanol–water partition coefficient (Wildman–Crippen LogP) is 2.07. The van der Waals surface area contributed by atoms with Crippen molar-refractivity contribution in [2.45, 2.75) is 0 Å². The van der Waals surface area contributed by atoms with E-state index in [1.165, 1.54) is 0 Å². The number of rotatable bonds is 2. The zero-order valence-electron chi connectivity index (χ0n) is 9.09. The van der Waals surface area contributed by atoms with E-state index >= 15 is 0 Å². The summed E-state index contributed by atoms with van der Waals surface area (Å²) in [5.41, 5.74) is 12.7. The highest BCUT2D eigenvalue weighted by molar-refractivity contribution is 5.92. The van der Waals surface area contributed by atoms with Crippen molar-refractivity contribution in [1.29, 1.82) is 0 Å². The Bertz CT molecular complexity index is 535. The smallest absolute Gasteiger partial charge is 0.343 e. The fourth-order valence-corrected chi connectivity index (χ4v) is 1.35. The molecule has 0 saturated carbocycles. The maximum absolute atomic E-state index is 11.8. The summed E-state index contributed by atoms with van der Waals surface area (Å²) in [7, 11) is 0. The number of ether oxygens (including phenoxy) is 1. The van der Waals surface area contributed by atoms with Crippen LogP contribution in [0, 0.1) is 0 Å². The highest BCUT2D eigenvalue weighted by atomic mass is 16.5. The molecule has 2 rings (SSSR count). The normalized spacial score (nSPS) is 9.88. The molecular formula is C13H12N2O2. The van der Waals surface area contributed by atoms with E-state index in [0.29, 0.717) is 22.7 Å². The molecule has 2 aromatic rings. The maximum atomic E-state index is 11.8. The van der Waals surface area contributed by atoms with E-state index in [2.05, 4.69) is 0 Å². The molecule has 0 aliphatic rings. The number of esters is 1. The second kappa shape index (κ2) is 4.57. The van der Waals surface area contributed by atoms with Gasteiger partial charge in [0, 0.05) is 5.69 Å². The molecule has 0 aliphatic heterocycles. The molecule has 4 nitrogen and oxygen atoms in total. The first kappa shape index (κ1) is 11.0. The zero-order valence-corrected chi connectivity index (χ0v) is 9.09. The number of benzene rings is 2. The van der Waals surface area contributed by atoms with Gasteiger partial charge in [-0.05, 0) is 36.4 Å². The summed E-state index contributed by atoms with van der Waals surface area (Å²) < 4.78 is 5.17. The van der Waals surface area contributed by atoms with Gasteiger partial charge in [-0.25, -0.2) is 4.79 Å². The van der Waals surface area contributed by atoms with Gasteiger partial charge < -0.3 is 16.2 Å². The highest BCUT2D eigenvalue weighted by Crippen LogP contribution is 2.21. The molecule has 2 aromatic carbocycles. The Labute approximate surface area is 98.8 Å². The molecule has 0 saturated heterocycles. The van der Waals surface area contributed by atoms with Gasteiger partial charge in [-0.2, -0.15) is 0 Å². The number of hydrogen-bond acceptors (Lipinski definition) is 4. The van der Waals surface area contributed by atoms with Crippen molar-refractivity contribution in [3.05, 3.63) is 54.1 Å². The SMILES string of the molecule is Nc1ccc(C(=O)Oc2ccccc2N)cc1. The molecule has 0 radical (unpaired) electrons. The van der Waals surface area contributed by atoms with Gasteiger partial charge in [-0.1, -0.05) is 12.1 Å². The molecule has 0 amide bonds. The molecule has 0 aliphatic carbocycles. The van der Waals surface area contributed by atoms with Crippen LogP contribution in [-0.2, 0) is 0 Å². The Hall–Kier alpha value is -2.49. The number of nitrogen functional groups attached to an aromatic ring is 2. The first-order valence-electron chi connectivity index (χ1n) is 5.09. The lowest BCUT2D eigenvalue weighted by molar-refractivity contribution is 0.0736. The van der Waals surface area contributed by atoms with Crippen LogP contribution < -0.4 is 16.2 Å². The van der Waals surface area contributed by atoms with Gasteiger partial charge in [0.1, 0.15) is 0 Å². The van der Waals surface area contributed by atoms with Crippen molar-refractivity contribution in [2.75, 3.05) is 11.5 Å². The molecule has 0 fully saturated rings. The van der Waals surface area contributed by atoms with E-state index in [-0.39, 0.29) is 0 Å². The van der Waals surface area contributed by atoms with Crippen LogP contribution >= 0.6 is 0 Å². The number of anilines is 2. The molecule has 0 heterocycles. The van der Waals surface area contributed by atoms with Gasteiger partial charge in [0.2, 0.25) is 0 Å². The topological polar surface area (TPSA) is 78.3 Å². The summed E-state index contributed by atoms with van der Waals surface area (Å²) in [5.74, 6) is -0.0998. The molecule has 4 heteroatoms. The van der Waals surface area contributed by atoms with E-state index in [9.17, 15) is 4.79 Å². The molecule has 0 aromatic heterocycles. The average molecular weight is 228 g/mol. The predicted molar refractivity (Wildman–Crippen MR) is 66.7 cm³/mol. The minimum atomic E-state index is -0.456. The van der Waals surface area contributed by atoms with Crippen LogP contribution in [0.15, 0.2) is 48.5 Å². The van der Waals surface area contributed by atoms with E-state index in [0.717, 1.165) is 0 Å². The first-order valence-corrected chi connectivity index (χ1v) is 5.09. The minimum Gasteiger partial charge on any atom is -0.421 e. The Balaban J connectivity index is 2.17. The van der Waals surface area contributed by atoms with Gasteiger partial charge in [-0.15, -0.1) is 0 Å². The number of nitrogens with two attached hydrogens (primary N) is 2. The Morgan fingerprint density at radius 1 is 0.941 bits per heavy atom. The number of carbonyl (C=O) groups excluding carboxylic acids is 1. The lowest BCUT2D eigenvalue weighted by atomic mass is 10.2. The van der Waals surface area contributed by atoms with Crippen LogP contribution in [0.2, 0.25) is 0 Å². The molecule has 0 unspecified atom stereocenters. The number of hydrogen-bond donors (Lipinski definition) is 2. The lowest BCUT2D eigenvalue weighted by Gasteiger charge is -2.06. The van der Waals surface area contributed by atoms with Crippen LogP contribution in [0.25, 0.3) is 0 Å². The fraction of sp³-hybridized carbons (Fsp3) is 0. The van der Waals surface area contributed by atoms with Gasteiger partial charge in [0.05, 0.1) is 11.3 Å². The van der Waals surface area contributed by atoms with Crippen LogP contribution in [0.1, 0.15) is 10.4 Å². The molecule has 0 bridgehead atoms. The summed E-state index contributed by atoms with van der Waals surface area (Å²) in [6, 6.07) is 13.3. The quantitative estimate of drug-likeness (QED) is 0.468. The maximum Gasteiger partial charge on any atom is 0.343 e. The molecular weight excluding hydrogens is 216 g/mol. The van der Waals surface area contributed by atoms with E-state index in [4.69, 9.17) is 16.2 Å². The highest BCUT2D eigenvalue weighted by Gasteiger charge is 2.09. The van der Waals surface area contributed by atoms with Crippen LogP contribution in [-0.4, -0.2) is 5.97 Å². The van der Waals surface area contributed by atoms with E-state index in [1.54, 1.807) is 48.5 Å². The fourth-order valence-electron chi connectivity index (χ4n) is 1.35. The molecule has 0 atom stereocenters. The molecule has 86 valence electrons. The molecule has 4 N–H and O–H groups in total. The average Bonchev–Trinajstić information content (AvgIpc) is 2.33. The van der Waals surface area contributed by atoms with E-state index < -0.39 is 5.97 Å². The molecule has 0 spiro atoms. The summed E-state index contributed by atoms with van der Waals surface area (Å²) in [5, 5.41) is 0. The summed E-state index contributed by atoms with van der Waals surface area (Å²) in [6.07, 6.45) is 0. The molecule has 17 heavy (non-hydrogen) atoms. The number of carbonyl (C=O) groups is 1. The third-order valence-corrected chi connectivity index (χ3v) is 2.27. The van der Waals surface area contributed by atoms with E-state index in [1.807, 2.05) is 0 Å². The largest absolute Gasteiger partial charge is 0.421 e. The Morgan fingerprint density at radius 3 is 2.24 bits per heavy atom. The summed E-state index contributed by atoms with van der Waals surface area (Å²) in [4.78, 5) is 11.8. The van der Waals surface area contributed by atoms with Crippen molar-refractivity contribution in [3.8, 4) is 5.75 Å². The first-order chi connectivity index (χ1) is 8.16. The lowest BCUT2D eigenvalue weighted by Crippen LogP contribution is -2.09. The summed E-state index contributed by atoms with van der Waals surface area (Å²) in [6.45, 7) is 0. The zero-order chi connectivity index (χ0) is 12.3. The van der Waals surface area contributed by atoms with Crippen LogP contribution in [0.4, 0.5) is 11.4 Å². The van der Waals surface area contributed by atoms with Gasteiger partial charge >= 0.3 is 5.97 Å². The summed E-state index contributed by atoms with van der Waals surface area (Å²) >= 11 is 0. The van der Waals surface area contributed by atoms with Crippen LogP contribution in [0.3, 0.4) is 0 Å². The number of para-hydroxylation sites is 2. The van der Waals surface area contributed by atoms with Crippen molar-refractivity contribution in [1.82, 2.24) is 0 Å². The monoisotopic (exact) mass is 228 g/mol. The van der Waals surface area contributed by atoms with Crippen LogP contribution in [0.5, 0.6) is 5.75 Å². The minimum absolute atomic E-state index is 0.356. The standard InChI is InChI=1S/C13H12N2O2/c14-10-7-5-9(6-8-10)13(16)17-12-4-2-1-3-11(12)15/h1-8H,14-15H2. The Morgan fingerprint density at radius 2 is 1.59 bits per heavy atom.